The van der Waals surface area contributed by atoms with Gasteiger partial charge in [0.15, 0.2) is 0 Å². The molecule has 1 fully saturated rings. The van der Waals surface area contributed by atoms with Crippen LogP contribution in [-0.4, -0.2) is 69.5 Å². The van der Waals surface area contributed by atoms with E-state index in [9.17, 15) is 9.59 Å². The van der Waals surface area contributed by atoms with Crippen LogP contribution in [0.15, 0.2) is 29.2 Å². The van der Waals surface area contributed by atoms with Gasteiger partial charge in [0.1, 0.15) is 5.69 Å². The van der Waals surface area contributed by atoms with Crippen LogP contribution < -0.4 is 5.32 Å². The molecule has 0 bridgehead atoms. The fourth-order valence-electron chi connectivity index (χ4n) is 2.68. The monoisotopic (exact) mass is 358 g/mol. The van der Waals surface area contributed by atoms with Crippen molar-refractivity contribution in [1.82, 2.24) is 24.9 Å². The van der Waals surface area contributed by atoms with E-state index >= 15 is 0 Å². The molecule has 2 aromatic rings. The summed E-state index contributed by atoms with van der Waals surface area (Å²) in [5.41, 5.74) is 1.14. The Hall–Kier alpha value is -2.81. The normalized spacial score (nSPS) is 15.3. The molecule has 1 aliphatic rings. The molecule has 1 N–H and O–H groups in total. The molecule has 9 heteroatoms. The molecule has 3 heterocycles. The summed E-state index contributed by atoms with van der Waals surface area (Å²) in [6.45, 7) is 6.58. The van der Waals surface area contributed by atoms with Crippen LogP contribution in [-0.2, 0) is 4.79 Å². The first kappa shape index (κ1) is 18.0. The zero-order valence-electron chi connectivity index (χ0n) is 14.9. The number of piperazine rings is 1. The molecule has 2 amide bonds. The van der Waals surface area contributed by atoms with Gasteiger partial charge >= 0.3 is 0 Å². The first-order valence-corrected chi connectivity index (χ1v) is 8.57. The maximum Gasteiger partial charge on any atom is 0.274 e. The van der Waals surface area contributed by atoms with E-state index in [1.54, 1.807) is 11.0 Å². The molecule has 1 saturated heterocycles. The molecule has 3 rings (SSSR count). The number of anilines is 1. The van der Waals surface area contributed by atoms with E-state index in [1.165, 1.54) is 18.6 Å². The Kier molecular flexibility index (Phi) is 5.57. The lowest BCUT2D eigenvalue weighted by molar-refractivity contribution is -0.117. The second kappa shape index (κ2) is 8.05. The maximum absolute atomic E-state index is 12.3. The summed E-state index contributed by atoms with van der Waals surface area (Å²) in [6, 6.07) is 1.74. The van der Waals surface area contributed by atoms with Gasteiger partial charge in [-0.25, -0.2) is 4.98 Å². The number of hydrogen-bond acceptors (Lipinski definition) is 7. The quantitative estimate of drug-likeness (QED) is 0.849. The number of nitrogens with zero attached hydrogens (tertiary/aromatic N) is 5. The van der Waals surface area contributed by atoms with Crippen LogP contribution >= 0.6 is 0 Å². The summed E-state index contributed by atoms with van der Waals surface area (Å²) in [4.78, 5) is 36.2. The number of aromatic nitrogens is 3. The van der Waals surface area contributed by atoms with E-state index in [0.29, 0.717) is 37.8 Å². The van der Waals surface area contributed by atoms with Crippen LogP contribution in [0.1, 0.15) is 35.9 Å². The zero-order valence-corrected chi connectivity index (χ0v) is 14.9. The van der Waals surface area contributed by atoms with E-state index in [4.69, 9.17) is 4.52 Å². The van der Waals surface area contributed by atoms with Crippen molar-refractivity contribution in [1.29, 1.82) is 0 Å². The van der Waals surface area contributed by atoms with Gasteiger partial charge in [0, 0.05) is 44.6 Å². The molecule has 138 valence electrons. The van der Waals surface area contributed by atoms with Crippen molar-refractivity contribution in [2.75, 3.05) is 38.0 Å². The highest BCUT2D eigenvalue weighted by atomic mass is 16.5. The van der Waals surface area contributed by atoms with Crippen molar-refractivity contribution < 1.29 is 14.1 Å². The lowest BCUT2D eigenvalue weighted by Crippen LogP contribution is -2.50. The third kappa shape index (κ3) is 4.42. The molecular formula is C17H22N6O3. The van der Waals surface area contributed by atoms with Gasteiger partial charge < -0.3 is 9.42 Å². The Morgan fingerprint density at radius 2 is 2.00 bits per heavy atom. The smallest absolute Gasteiger partial charge is 0.274 e. The van der Waals surface area contributed by atoms with Crippen LogP contribution in [0.3, 0.4) is 0 Å². The SMILES string of the molecule is CC(C)c1cc(NC(=O)CN2CCN(C(=O)c3cnccn3)CC2)on1. The molecule has 2 aromatic heterocycles. The minimum Gasteiger partial charge on any atom is -0.338 e. The predicted octanol–water partition coefficient (Wildman–Crippen LogP) is 0.984. The number of carbonyl (C=O) groups is 2. The Morgan fingerprint density at radius 3 is 2.62 bits per heavy atom. The van der Waals surface area contributed by atoms with Crippen molar-refractivity contribution in [3.05, 3.63) is 36.0 Å². The van der Waals surface area contributed by atoms with Gasteiger partial charge in [-0.1, -0.05) is 19.0 Å². The average molecular weight is 358 g/mol. The number of rotatable bonds is 5. The van der Waals surface area contributed by atoms with Gasteiger partial charge in [-0.05, 0) is 5.92 Å². The Balaban J connectivity index is 1.46. The van der Waals surface area contributed by atoms with Gasteiger partial charge in [-0.15, -0.1) is 0 Å². The lowest BCUT2D eigenvalue weighted by atomic mass is 10.1. The molecule has 0 aliphatic carbocycles. The van der Waals surface area contributed by atoms with Crippen molar-refractivity contribution in [2.45, 2.75) is 19.8 Å². The molecule has 0 unspecified atom stereocenters. The Labute approximate surface area is 151 Å². The van der Waals surface area contributed by atoms with E-state index in [0.717, 1.165) is 5.69 Å². The standard InChI is InChI=1S/C17H22N6O3/c1-12(2)13-9-16(26-21-13)20-15(24)11-22-5-7-23(8-6-22)17(25)14-10-18-3-4-19-14/h3-4,9-10,12H,5-8,11H2,1-2H3,(H,20,24). The van der Waals surface area contributed by atoms with Crippen LogP contribution in [0.4, 0.5) is 5.88 Å². The van der Waals surface area contributed by atoms with E-state index in [-0.39, 0.29) is 24.3 Å². The second-order valence-corrected chi connectivity index (χ2v) is 6.48. The largest absolute Gasteiger partial charge is 0.338 e. The molecule has 26 heavy (non-hydrogen) atoms. The van der Waals surface area contributed by atoms with Gasteiger partial charge in [0.25, 0.3) is 5.91 Å². The fourth-order valence-corrected chi connectivity index (χ4v) is 2.68. The number of nitrogens with one attached hydrogen (secondary N) is 1. The van der Waals surface area contributed by atoms with Crippen molar-refractivity contribution in [3.63, 3.8) is 0 Å². The van der Waals surface area contributed by atoms with Crippen LogP contribution in [0.25, 0.3) is 0 Å². The summed E-state index contributed by atoms with van der Waals surface area (Å²) in [6.07, 6.45) is 4.50. The van der Waals surface area contributed by atoms with E-state index in [1.807, 2.05) is 18.7 Å². The molecule has 0 radical (unpaired) electrons. The van der Waals surface area contributed by atoms with Gasteiger partial charge in [0.2, 0.25) is 11.8 Å². The number of carbonyl (C=O) groups excluding carboxylic acids is 2. The summed E-state index contributed by atoms with van der Waals surface area (Å²) in [7, 11) is 0. The Morgan fingerprint density at radius 1 is 1.23 bits per heavy atom. The molecule has 1 aliphatic heterocycles. The van der Waals surface area contributed by atoms with Crippen molar-refractivity contribution >= 4 is 17.7 Å². The molecule has 0 atom stereocenters. The summed E-state index contributed by atoms with van der Waals surface area (Å²) >= 11 is 0. The minimum atomic E-state index is -0.162. The molecule has 0 spiro atoms. The molecule has 0 saturated carbocycles. The number of amides is 2. The highest BCUT2D eigenvalue weighted by molar-refractivity contribution is 5.92. The molecule has 0 aromatic carbocycles. The Bertz CT molecular complexity index is 753. The number of hydrogen-bond donors (Lipinski definition) is 1. The van der Waals surface area contributed by atoms with Crippen LogP contribution in [0.5, 0.6) is 0 Å². The zero-order chi connectivity index (χ0) is 18.5. The van der Waals surface area contributed by atoms with Gasteiger partial charge in [0.05, 0.1) is 18.4 Å². The summed E-state index contributed by atoms with van der Waals surface area (Å²) < 4.78 is 5.12. The highest BCUT2D eigenvalue weighted by Crippen LogP contribution is 2.17. The molecule has 9 nitrogen and oxygen atoms in total. The van der Waals surface area contributed by atoms with E-state index in [2.05, 4.69) is 20.4 Å². The molecular weight excluding hydrogens is 336 g/mol. The topological polar surface area (TPSA) is 104 Å². The van der Waals surface area contributed by atoms with Gasteiger partial charge in [-0.3, -0.25) is 24.8 Å². The second-order valence-electron chi connectivity index (χ2n) is 6.48. The summed E-state index contributed by atoms with van der Waals surface area (Å²) in [5.74, 6) is 0.301. The van der Waals surface area contributed by atoms with Crippen molar-refractivity contribution in [3.8, 4) is 0 Å². The highest BCUT2D eigenvalue weighted by Gasteiger charge is 2.24. The first-order valence-electron chi connectivity index (χ1n) is 8.57. The third-order valence-corrected chi connectivity index (χ3v) is 4.19. The first-order chi connectivity index (χ1) is 12.5. The predicted molar refractivity (Wildman–Crippen MR) is 93.6 cm³/mol. The maximum atomic E-state index is 12.3. The van der Waals surface area contributed by atoms with Crippen LogP contribution in [0, 0.1) is 0 Å². The fraction of sp³-hybridized carbons (Fsp3) is 0.471. The lowest BCUT2D eigenvalue weighted by Gasteiger charge is -2.33. The van der Waals surface area contributed by atoms with Gasteiger partial charge in [-0.2, -0.15) is 0 Å². The third-order valence-electron chi connectivity index (χ3n) is 4.19. The van der Waals surface area contributed by atoms with E-state index < -0.39 is 0 Å². The van der Waals surface area contributed by atoms with Crippen molar-refractivity contribution in [2.24, 2.45) is 0 Å². The minimum absolute atomic E-state index is 0.134. The average Bonchev–Trinajstić information content (AvgIpc) is 3.11. The van der Waals surface area contributed by atoms with Crippen LogP contribution in [0.2, 0.25) is 0 Å². The summed E-state index contributed by atoms with van der Waals surface area (Å²) in [5, 5.41) is 6.63.